The van der Waals surface area contributed by atoms with Crippen molar-refractivity contribution in [1.29, 1.82) is 0 Å². The highest BCUT2D eigenvalue weighted by Gasteiger charge is 2.27. The third kappa shape index (κ3) is 4.40. The number of piperidine rings is 1. The van der Waals surface area contributed by atoms with Crippen molar-refractivity contribution in [2.45, 2.75) is 25.8 Å². The lowest BCUT2D eigenvalue weighted by Crippen LogP contribution is -2.47. The summed E-state index contributed by atoms with van der Waals surface area (Å²) in [6, 6.07) is 3.53. The molecule has 0 spiro atoms. The molecule has 1 aliphatic rings. The Hall–Kier alpha value is -1.70. The Labute approximate surface area is 139 Å². The second kappa shape index (κ2) is 7.72. The Kier molecular flexibility index (Phi) is 5.92. The fourth-order valence-electron chi connectivity index (χ4n) is 2.72. The third-order valence-electron chi connectivity index (χ3n) is 4.15. The number of rotatable bonds is 5. The van der Waals surface area contributed by atoms with Gasteiger partial charge in [0.15, 0.2) is 0 Å². The van der Waals surface area contributed by atoms with Crippen molar-refractivity contribution >= 4 is 28.9 Å². The van der Waals surface area contributed by atoms with E-state index in [1.165, 1.54) is 18.2 Å². The number of amides is 1. The summed E-state index contributed by atoms with van der Waals surface area (Å²) in [6.07, 6.45) is 1.89. The molecule has 1 heterocycles. The van der Waals surface area contributed by atoms with Gasteiger partial charge in [-0.25, -0.2) is 0 Å². The first-order valence-electron chi connectivity index (χ1n) is 7.52. The van der Waals surface area contributed by atoms with Crippen molar-refractivity contribution in [2.24, 2.45) is 5.92 Å². The number of benzene rings is 1. The van der Waals surface area contributed by atoms with Crippen LogP contribution in [0.2, 0.25) is 5.02 Å². The van der Waals surface area contributed by atoms with E-state index >= 15 is 0 Å². The average Bonchev–Trinajstić information content (AvgIpc) is 2.55. The number of carbonyl (C=O) groups is 1. The zero-order valence-electron chi connectivity index (χ0n) is 12.9. The molecular formula is C15H20ClN3O4. The van der Waals surface area contributed by atoms with E-state index < -0.39 is 11.0 Å². The molecule has 0 radical (unpaired) electrons. The van der Waals surface area contributed by atoms with E-state index in [9.17, 15) is 20.0 Å². The average molecular weight is 342 g/mol. The van der Waals surface area contributed by atoms with Crippen LogP contribution in [0.4, 0.5) is 11.4 Å². The molecule has 2 rings (SSSR count). The predicted molar refractivity (Wildman–Crippen MR) is 87.6 cm³/mol. The van der Waals surface area contributed by atoms with Crippen molar-refractivity contribution in [1.82, 2.24) is 4.90 Å². The van der Waals surface area contributed by atoms with Gasteiger partial charge < -0.3 is 10.4 Å². The summed E-state index contributed by atoms with van der Waals surface area (Å²) >= 11 is 6.00. The standard InChI is InChI=1S/C15H20ClN3O4/c1-10(18-6-2-3-11(8-18)9-20)15(21)17-14-7-12(19(22)23)4-5-13(14)16/h4-5,7,10-11,20H,2-3,6,8-9H2,1H3,(H,17,21). The van der Waals surface area contributed by atoms with Crippen LogP contribution in [0.5, 0.6) is 0 Å². The van der Waals surface area contributed by atoms with Crippen LogP contribution in [0.3, 0.4) is 0 Å². The van der Waals surface area contributed by atoms with E-state index in [1.807, 2.05) is 4.90 Å². The van der Waals surface area contributed by atoms with Gasteiger partial charge in [0.1, 0.15) is 0 Å². The van der Waals surface area contributed by atoms with Crippen LogP contribution in [-0.2, 0) is 4.79 Å². The number of carbonyl (C=O) groups excluding carboxylic acids is 1. The number of aliphatic hydroxyl groups is 1. The van der Waals surface area contributed by atoms with Crippen LogP contribution < -0.4 is 5.32 Å². The summed E-state index contributed by atoms with van der Waals surface area (Å²) in [7, 11) is 0. The Morgan fingerprint density at radius 3 is 3.00 bits per heavy atom. The molecule has 1 fully saturated rings. The third-order valence-corrected chi connectivity index (χ3v) is 4.48. The number of halogens is 1. The normalized spacial score (nSPS) is 20.0. The summed E-state index contributed by atoms with van der Waals surface area (Å²) in [6.45, 7) is 3.34. The van der Waals surface area contributed by atoms with E-state index in [1.54, 1.807) is 6.92 Å². The SMILES string of the molecule is CC(C(=O)Nc1cc([N+](=O)[O-])ccc1Cl)N1CCCC(CO)C1. The second-order valence-corrected chi connectivity index (χ2v) is 6.18. The van der Waals surface area contributed by atoms with Crippen LogP contribution in [0.15, 0.2) is 18.2 Å². The maximum atomic E-state index is 12.4. The highest BCUT2D eigenvalue weighted by atomic mass is 35.5. The van der Waals surface area contributed by atoms with Crippen LogP contribution >= 0.6 is 11.6 Å². The zero-order valence-corrected chi connectivity index (χ0v) is 13.6. The number of hydrogen-bond donors (Lipinski definition) is 2. The van der Waals surface area contributed by atoms with Gasteiger partial charge in [-0.05, 0) is 38.3 Å². The fraction of sp³-hybridized carbons (Fsp3) is 0.533. The van der Waals surface area contributed by atoms with E-state index in [-0.39, 0.29) is 34.8 Å². The molecule has 0 aliphatic carbocycles. The van der Waals surface area contributed by atoms with Crippen LogP contribution in [0, 0.1) is 16.0 Å². The van der Waals surface area contributed by atoms with Gasteiger partial charge in [0.2, 0.25) is 5.91 Å². The maximum Gasteiger partial charge on any atom is 0.271 e. The Morgan fingerprint density at radius 2 is 2.35 bits per heavy atom. The van der Waals surface area contributed by atoms with Gasteiger partial charge in [-0.1, -0.05) is 11.6 Å². The predicted octanol–water partition coefficient (Wildman–Crippen LogP) is 2.28. The van der Waals surface area contributed by atoms with Crippen molar-refractivity contribution in [3.05, 3.63) is 33.3 Å². The molecule has 2 unspecified atom stereocenters. The number of nitro benzene ring substituents is 1. The first-order valence-corrected chi connectivity index (χ1v) is 7.90. The van der Waals surface area contributed by atoms with E-state index in [0.29, 0.717) is 6.54 Å². The van der Waals surface area contributed by atoms with E-state index in [0.717, 1.165) is 19.4 Å². The van der Waals surface area contributed by atoms with Crippen molar-refractivity contribution < 1.29 is 14.8 Å². The van der Waals surface area contributed by atoms with Gasteiger partial charge in [-0.2, -0.15) is 0 Å². The minimum atomic E-state index is -0.536. The summed E-state index contributed by atoms with van der Waals surface area (Å²) < 4.78 is 0. The molecule has 0 aromatic heterocycles. The lowest BCUT2D eigenvalue weighted by Gasteiger charge is -2.35. The van der Waals surface area contributed by atoms with Crippen molar-refractivity contribution in [3.8, 4) is 0 Å². The van der Waals surface area contributed by atoms with Crippen LogP contribution in [0.1, 0.15) is 19.8 Å². The van der Waals surface area contributed by atoms with Crippen LogP contribution in [0.25, 0.3) is 0 Å². The Bertz CT molecular complexity index is 596. The quantitative estimate of drug-likeness (QED) is 0.632. The Balaban J connectivity index is 2.06. The monoisotopic (exact) mass is 341 g/mol. The number of nitro groups is 1. The number of aliphatic hydroxyl groups excluding tert-OH is 1. The first-order chi connectivity index (χ1) is 10.9. The summed E-state index contributed by atoms with van der Waals surface area (Å²) in [5.74, 6) is -0.0913. The smallest absolute Gasteiger partial charge is 0.271 e. The minimum Gasteiger partial charge on any atom is -0.396 e. The first kappa shape index (κ1) is 17.7. The maximum absolute atomic E-state index is 12.4. The van der Waals surface area contributed by atoms with Crippen molar-refractivity contribution in [2.75, 3.05) is 25.0 Å². The summed E-state index contributed by atoms with van der Waals surface area (Å²) in [5.41, 5.74) is 0.101. The molecule has 8 heteroatoms. The lowest BCUT2D eigenvalue weighted by atomic mass is 9.97. The topological polar surface area (TPSA) is 95.7 Å². The van der Waals surface area contributed by atoms with Gasteiger partial charge in [-0.15, -0.1) is 0 Å². The molecule has 2 N–H and O–H groups in total. The lowest BCUT2D eigenvalue weighted by molar-refractivity contribution is -0.384. The molecule has 126 valence electrons. The highest BCUT2D eigenvalue weighted by molar-refractivity contribution is 6.33. The second-order valence-electron chi connectivity index (χ2n) is 5.77. The zero-order chi connectivity index (χ0) is 17.0. The molecular weight excluding hydrogens is 322 g/mol. The number of anilines is 1. The van der Waals surface area contributed by atoms with Gasteiger partial charge in [0.05, 0.1) is 21.7 Å². The molecule has 1 aromatic rings. The van der Waals surface area contributed by atoms with Crippen molar-refractivity contribution in [3.63, 3.8) is 0 Å². The number of nitrogens with one attached hydrogen (secondary N) is 1. The van der Waals surface area contributed by atoms with Gasteiger partial charge in [-0.3, -0.25) is 19.8 Å². The molecule has 1 amide bonds. The molecule has 7 nitrogen and oxygen atoms in total. The molecule has 1 saturated heterocycles. The highest BCUT2D eigenvalue weighted by Crippen LogP contribution is 2.27. The van der Waals surface area contributed by atoms with Gasteiger partial charge in [0, 0.05) is 25.3 Å². The number of nitrogens with zero attached hydrogens (tertiary/aromatic N) is 2. The minimum absolute atomic E-state index is 0.113. The Morgan fingerprint density at radius 1 is 1.61 bits per heavy atom. The molecule has 2 atom stereocenters. The largest absolute Gasteiger partial charge is 0.396 e. The molecule has 23 heavy (non-hydrogen) atoms. The number of likely N-dealkylation sites (tertiary alicyclic amines) is 1. The van der Waals surface area contributed by atoms with E-state index in [2.05, 4.69) is 5.32 Å². The molecule has 0 bridgehead atoms. The number of non-ortho nitro benzene ring substituents is 1. The molecule has 0 saturated carbocycles. The van der Waals surface area contributed by atoms with Crippen LogP contribution in [-0.4, -0.2) is 46.6 Å². The summed E-state index contributed by atoms with van der Waals surface area (Å²) in [5, 5.41) is 23.0. The van der Waals surface area contributed by atoms with Gasteiger partial charge in [0.25, 0.3) is 5.69 Å². The van der Waals surface area contributed by atoms with E-state index in [4.69, 9.17) is 11.6 Å². The molecule has 1 aromatic carbocycles. The fourth-order valence-corrected chi connectivity index (χ4v) is 2.89. The molecule has 1 aliphatic heterocycles. The van der Waals surface area contributed by atoms with Gasteiger partial charge >= 0.3 is 0 Å². The summed E-state index contributed by atoms with van der Waals surface area (Å²) in [4.78, 5) is 24.7. The number of hydrogen-bond acceptors (Lipinski definition) is 5.